The molecular formula is C13H26N2O2. The Morgan fingerprint density at radius 2 is 2.24 bits per heavy atom. The van der Waals surface area contributed by atoms with Crippen molar-refractivity contribution in [1.82, 2.24) is 10.2 Å². The number of carbonyl (C=O) groups excluding carboxylic acids is 1. The van der Waals surface area contributed by atoms with Gasteiger partial charge in [-0.3, -0.25) is 4.79 Å². The van der Waals surface area contributed by atoms with E-state index in [4.69, 9.17) is 4.74 Å². The molecule has 1 aliphatic heterocycles. The molecule has 0 bridgehead atoms. The van der Waals surface area contributed by atoms with Crippen LogP contribution in [-0.2, 0) is 9.53 Å². The summed E-state index contributed by atoms with van der Waals surface area (Å²) in [4.78, 5) is 14.2. The molecule has 3 atom stereocenters. The molecule has 0 aromatic heterocycles. The Balaban J connectivity index is 2.44. The molecule has 1 fully saturated rings. The summed E-state index contributed by atoms with van der Waals surface area (Å²) in [5.41, 5.74) is 0. The molecule has 1 amide bonds. The average molecular weight is 242 g/mol. The van der Waals surface area contributed by atoms with Crippen LogP contribution in [0.5, 0.6) is 0 Å². The molecule has 3 unspecified atom stereocenters. The number of carbonyl (C=O) groups is 1. The van der Waals surface area contributed by atoms with Crippen LogP contribution in [0.1, 0.15) is 40.5 Å². The van der Waals surface area contributed by atoms with Crippen molar-refractivity contribution in [3.05, 3.63) is 0 Å². The van der Waals surface area contributed by atoms with Crippen LogP contribution < -0.4 is 5.32 Å². The van der Waals surface area contributed by atoms with E-state index < -0.39 is 0 Å². The third kappa shape index (κ3) is 3.96. The van der Waals surface area contributed by atoms with Gasteiger partial charge in [0.1, 0.15) is 6.10 Å². The lowest BCUT2D eigenvalue weighted by atomic mass is 10.1. The smallest absolute Gasteiger partial charge is 0.251 e. The van der Waals surface area contributed by atoms with E-state index in [1.165, 1.54) is 0 Å². The lowest BCUT2D eigenvalue weighted by Gasteiger charge is -2.39. The van der Waals surface area contributed by atoms with Gasteiger partial charge in [0.25, 0.3) is 5.91 Å². The molecule has 1 heterocycles. The SMILES string of the molecule is CCCCOC(C)C(=O)N1CCNC(C)C1C. The van der Waals surface area contributed by atoms with Gasteiger partial charge in [-0.1, -0.05) is 13.3 Å². The van der Waals surface area contributed by atoms with Gasteiger partial charge in [-0.15, -0.1) is 0 Å². The fourth-order valence-electron chi connectivity index (χ4n) is 2.08. The number of rotatable bonds is 5. The minimum absolute atomic E-state index is 0.127. The average Bonchev–Trinajstić information content (AvgIpc) is 2.32. The van der Waals surface area contributed by atoms with Gasteiger partial charge in [0, 0.05) is 31.8 Å². The highest BCUT2D eigenvalue weighted by atomic mass is 16.5. The Hall–Kier alpha value is -0.610. The van der Waals surface area contributed by atoms with Crippen LogP contribution in [0.15, 0.2) is 0 Å². The lowest BCUT2D eigenvalue weighted by molar-refractivity contribution is -0.146. The molecule has 0 aromatic rings. The van der Waals surface area contributed by atoms with E-state index in [-0.39, 0.29) is 18.1 Å². The number of ether oxygens (including phenoxy) is 1. The Morgan fingerprint density at radius 1 is 1.53 bits per heavy atom. The number of amides is 1. The van der Waals surface area contributed by atoms with Crippen molar-refractivity contribution in [1.29, 1.82) is 0 Å². The lowest BCUT2D eigenvalue weighted by Crippen LogP contribution is -2.59. The van der Waals surface area contributed by atoms with E-state index in [2.05, 4.69) is 26.1 Å². The first kappa shape index (κ1) is 14.5. The fourth-order valence-corrected chi connectivity index (χ4v) is 2.08. The fraction of sp³-hybridized carbons (Fsp3) is 0.923. The van der Waals surface area contributed by atoms with Crippen molar-refractivity contribution >= 4 is 5.91 Å². The molecule has 0 aromatic carbocycles. The minimum atomic E-state index is -0.311. The van der Waals surface area contributed by atoms with E-state index >= 15 is 0 Å². The van der Waals surface area contributed by atoms with E-state index in [0.29, 0.717) is 12.6 Å². The van der Waals surface area contributed by atoms with Crippen LogP contribution in [-0.4, -0.2) is 48.7 Å². The predicted molar refractivity (Wildman–Crippen MR) is 69.0 cm³/mol. The molecule has 17 heavy (non-hydrogen) atoms. The van der Waals surface area contributed by atoms with E-state index in [0.717, 1.165) is 25.9 Å². The normalized spacial score (nSPS) is 26.9. The van der Waals surface area contributed by atoms with Crippen molar-refractivity contribution < 1.29 is 9.53 Å². The highest BCUT2D eigenvalue weighted by Crippen LogP contribution is 2.12. The molecule has 4 nitrogen and oxygen atoms in total. The largest absolute Gasteiger partial charge is 0.369 e. The number of nitrogens with zero attached hydrogens (tertiary/aromatic N) is 1. The molecule has 0 aliphatic carbocycles. The van der Waals surface area contributed by atoms with Gasteiger partial charge in [-0.05, 0) is 27.2 Å². The standard InChI is InChI=1S/C13H26N2O2/c1-5-6-9-17-12(4)13(16)15-8-7-14-10(2)11(15)3/h10-12,14H,5-9H2,1-4H3. The monoisotopic (exact) mass is 242 g/mol. The molecule has 1 rings (SSSR count). The van der Waals surface area contributed by atoms with E-state index in [1.54, 1.807) is 0 Å². The van der Waals surface area contributed by atoms with Crippen LogP contribution in [0, 0.1) is 0 Å². The maximum atomic E-state index is 12.2. The highest BCUT2D eigenvalue weighted by molar-refractivity contribution is 5.81. The summed E-state index contributed by atoms with van der Waals surface area (Å²) in [5, 5.41) is 3.37. The zero-order valence-corrected chi connectivity index (χ0v) is 11.5. The first-order valence-electron chi connectivity index (χ1n) is 6.73. The van der Waals surface area contributed by atoms with Gasteiger partial charge in [0.15, 0.2) is 0 Å². The van der Waals surface area contributed by atoms with E-state index in [1.807, 2.05) is 11.8 Å². The summed E-state index contributed by atoms with van der Waals surface area (Å²) in [7, 11) is 0. The van der Waals surface area contributed by atoms with Crippen LogP contribution in [0.25, 0.3) is 0 Å². The number of hydrogen-bond donors (Lipinski definition) is 1. The molecule has 0 radical (unpaired) electrons. The maximum absolute atomic E-state index is 12.2. The molecule has 1 saturated heterocycles. The first-order chi connectivity index (χ1) is 8.07. The molecule has 100 valence electrons. The molecule has 4 heteroatoms. The zero-order chi connectivity index (χ0) is 12.8. The van der Waals surface area contributed by atoms with Gasteiger partial charge < -0.3 is 15.0 Å². The second kappa shape index (κ2) is 6.97. The second-order valence-electron chi connectivity index (χ2n) is 4.88. The highest BCUT2D eigenvalue weighted by Gasteiger charge is 2.30. The van der Waals surface area contributed by atoms with Gasteiger partial charge in [0.2, 0.25) is 0 Å². The predicted octanol–water partition coefficient (Wildman–Crippen LogP) is 1.40. The van der Waals surface area contributed by atoms with Crippen molar-refractivity contribution in [3.8, 4) is 0 Å². The summed E-state index contributed by atoms with van der Waals surface area (Å²) in [6.07, 6.45) is 1.81. The van der Waals surface area contributed by atoms with Gasteiger partial charge in [-0.25, -0.2) is 0 Å². The number of nitrogens with one attached hydrogen (secondary N) is 1. The van der Waals surface area contributed by atoms with Crippen molar-refractivity contribution in [2.75, 3.05) is 19.7 Å². The Kier molecular flexibility index (Phi) is 5.92. The Labute approximate surface area is 105 Å². The second-order valence-corrected chi connectivity index (χ2v) is 4.88. The third-order valence-electron chi connectivity index (χ3n) is 3.53. The van der Waals surface area contributed by atoms with Crippen molar-refractivity contribution in [2.24, 2.45) is 0 Å². The zero-order valence-electron chi connectivity index (χ0n) is 11.5. The first-order valence-corrected chi connectivity index (χ1v) is 6.73. The van der Waals surface area contributed by atoms with Crippen molar-refractivity contribution in [2.45, 2.75) is 58.7 Å². The van der Waals surface area contributed by atoms with Gasteiger partial charge >= 0.3 is 0 Å². The van der Waals surface area contributed by atoms with E-state index in [9.17, 15) is 4.79 Å². The molecule has 0 spiro atoms. The van der Waals surface area contributed by atoms with Gasteiger partial charge in [-0.2, -0.15) is 0 Å². The third-order valence-corrected chi connectivity index (χ3v) is 3.53. The van der Waals surface area contributed by atoms with Crippen molar-refractivity contribution in [3.63, 3.8) is 0 Å². The minimum Gasteiger partial charge on any atom is -0.369 e. The summed E-state index contributed by atoms with van der Waals surface area (Å²) in [6.45, 7) is 10.5. The van der Waals surface area contributed by atoms with Crippen LogP contribution >= 0.6 is 0 Å². The van der Waals surface area contributed by atoms with Crippen LogP contribution in [0.2, 0.25) is 0 Å². The molecule has 1 aliphatic rings. The topological polar surface area (TPSA) is 41.6 Å². The van der Waals surface area contributed by atoms with Crippen LogP contribution in [0.4, 0.5) is 0 Å². The molecular weight excluding hydrogens is 216 g/mol. The van der Waals surface area contributed by atoms with Crippen LogP contribution in [0.3, 0.4) is 0 Å². The summed E-state index contributed by atoms with van der Waals surface area (Å²) < 4.78 is 5.57. The number of hydrogen-bond acceptors (Lipinski definition) is 3. The molecule has 0 saturated carbocycles. The summed E-state index contributed by atoms with van der Waals surface area (Å²) in [6, 6.07) is 0.601. The molecule has 1 N–H and O–H groups in total. The summed E-state index contributed by atoms with van der Waals surface area (Å²) >= 11 is 0. The number of unbranched alkanes of at least 4 members (excludes halogenated alkanes) is 1. The quantitative estimate of drug-likeness (QED) is 0.741. The summed E-state index contributed by atoms with van der Waals surface area (Å²) in [5.74, 6) is 0.127. The maximum Gasteiger partial charge on any atom is 0.251 e. The van der Waals surface area contributed by atoms with Gasteiger partial charge in [0.05, 0.1) is 0 Å². The number of piperazine rings is 1. The Bertz CT molecular complexity index is 246. The Morgan fingerprint density at radius 3 is 2.88 bits per heavy atom.